The topological polar surface area (TPSA) is 75.7 Å². The SMILES string of the molecule is CCOc1ccc([C@@H](C)NC(=O)[C@@H](C)N(c2ccc(C)c(C)c2)S(C)(=O)=O)cc1. The molecule has 0 radical (unpaired) electrons. The summed E-state index contributed by atoms with van der Waals surface area (Å²) in [7, 11) is -3.65. The molecule has 1 N–H and O–H groups in total. The smallest absolute Gasteiger partial charge is 0.244 e. The summed E-state index contributed by atoms with van der Waals surface area (Å²) < 4.78 is 31.5. The lowest BCUT2D eigenvalue weighted by molar-refractivity contribution is -0.122. The van der Waals surface area contributed by atoms with E-state index >= 15 is 0 Å². The van der Waals surface area contributed by atoms with Crippen molar-refractivity contribution in [1.82, 2.24) is 5.32 Å². The van der Waals surface area contributed by atoms with Gasteiger partial charge in [0.1, 0.15) is 11.8 Å². The van der Waals surface area contributed by atoms with Gasteiger partial charge in [0.15, 0.2) is 0 Å². The van der Waals surface area contributed by atoms with Gasteiger partial charge in [-0.3, -0.25) is 9.10 Å². The molecule has 1 amide bonds. The zero-order valence-electron chi connectivity index (χ0n) is 17.9. The average Bonchev–Trinajstić information content (AvgIpc) is 2.64. The number of sulfonamides is 1. The molecule has 29 heavy (non-hydrogen) atoms. The first kappa shape index (κ1) is 22.7. The van der Waals surface area contributed by atoms with Gasteiger partial charge < -0.3 is 10.1 Å². The van der Waals surface area contributed by atoms with Gasteiger partial charge in [0.2, 0.25) is 15.9 Å². The number of nitrogens with one attached hydrogen (secondary N) is 1. The number of amides is 1. The molecule has 0 heterocycles. The number of rotatable bonds is 8. The third-order valence-electron chi connectivity index (χ3n) is 4.88. The molecule has 158 valence electrons. The third-order valence-corrected chi connectivity index (χ3v) is 6.12. The fourth-order valence-electron chi connectivity index (χ4n) is 3.11. The number of ether oxygens (including phenoxy) is 1. The second kappa shape index (κ2) is 9.31. The van der Waals surface area contributed by atoms with E-state index in [1.54, 1.807) is 19.1 Å². The summed E-state index contributed by atoms with van der Waals surface area (Å²) in [6.07, 6.45) is 1.11. The molecular weight excluding hydrogens is 388 g/mol. The summed E-state index contributed by atoms with van der Waals surface area (Å²) >= 11 is 0. The Morgan fingerprint density at radius 3 is 2.21 bits per heavy atom. The quantitative estimate of drug-likeness (QED) is 0.709. The highest BCUT2D eigenvalue weighted by Crippen LogP contribution is 2.24. The maximum Gasteiger partial charge on any atom is 0.244 e. The Labute approximate surface area is 173 Å². The lowest BCUT2D eigenvalue weighted by atomic mass is 10.1. The van der Waals surface area contributed by atoms with Gasteiger partial charge in [-0.25, -0.2) is 8.42 Å². The average molecular weight is 419 g/mol. The highest BCUT2D eigenvalue weighted by molar-refractivity contribution is 7.92. The normalized spacial score (nSPS) is 13.4. The monoisotopic (exact) mass is 418 g/mol. The fourth-order valence-corrected chi connectivity index (χ4v) is 4.27. The van der Waals surface area contributed by atoms with Crippen LogP contribution in [0.15, 0.2) is 42.5 Å². The van der Waals surface area contributed by atoms with Crippen molar-refractivity contribution in [2.24, 2.45) is 0 Å². The van der Waals surface area contributed by atoms with E-state index in [4.69, 9.17) is 4.74 Å². The van der Waals surface area contributed by atoms with Crippen LogP contribution in [0.1, 0.15) is 43.5 Å². The first-order valence-corrected chi connectivity index (χ1v) is 11.5. The number of nitrogens with zero attached hydrogens (tertiary/aromatic N) is 1. The van der Waals surface area contributed by atoms with E-state index < -0.39 is 16.1 Å². The number of carbonyl (C=O) groups is 1. The molecule has 2 aromatic carbocycles. The summed E-state index contributed by atoms with van der Waals surface area (Å²) in [4.78, 5) is 12.9. The first-order valence-electron chi connectivity index (χ1n) is 9.64. The Hall–Kier alpha value is -2.54. The van der Waals surface area contributed by atoms with Gasteiger partial charge in [0, 0.05) is 0 Å². The van der Waals surface area contributed by atoms with E-state index in [-0.39, 0.29) is 11.9 Å². The first-order chi connectivity index (χ1) is 13.5. The van der Waals surface area contributed by atoms with Crippen molar-refractivity contribution >= 4 is 21.6 Å². The van der Waals surface area contributed by atoms with E-state index in [1.165, 1.54) is 4.31 Å². The zero-order valence-corrected chi connectivity index (χ0v) is 18.7. The number of aryl methyl sites for hydroxylation is 2. The summed E-state index contributed by atoms with van der Waals surface area (Å²) in [6, 6.07) is 11.7. The third kappa shape index (κ3) is 5.73. The van der Waals surface area contributed by atoms with E-state index in [0.717, 1.165) is 28.7 Å². The van der Waals surface area contributed by atoms with Gasteiger partial charge in [-0.1, -0.05) is 18.2 Å². The minimum absolute atomic E-state index is 0.276. The van der Waals surface area contributed by atoms with Crippen LogP contribution in [-0.2, 0) is 14.8 Å². The fraction of sp³-hybridized carbons (Fsp3) is 0.409. The van der Waals surface area contributed by atoms with Crippen molar-refractivity contribution in [1.29, 1.82) is 0 Å². The van der Waals surface area contributed by atoms with Gasteiger partial charge in [-0.05, 0) is 75.6 Å². The largest absolute Gasteiger partial charge is 0.494 e. The highest BCUT2D eigenvalue weighted by Gasteiger charge is 2.30. The van der Waals surface area contributed by atoms with Gasteiger partial charge in [0.05, 0.1) is 24.6 Å². The Kier molecular flexibility index (Phi) is 7.30. The molecule has 7 heteroatoms. The summed E-state index contributed by atoms with van der Waals surface area (Å²) in [5.74, 6) is 0.399. The van der Waals surface area contributed by atoms with Crippen LogP contribution in [0, 0.1) is 13.8 Å². The molecule has 0 aliphatic carbocycles. The van der Waals surface area contributed by atoms with Crippen LogP contribution >= 0.6 is 0 Å². The van der Waals surface area contributed by atoms with Crippen LogP contribution in [0.3, 0.4) is 0 Å². The maximum absolute atomic E-state index is 12.9. The number of carbonyl (C=O) groups excluding carboxylic acids is 1. The van der Waals surface area contributed by atoms with E-state index in [2.05, 4.69) is 5.32 Å². The molecule has 0 saturated carbocycles. The van der Waals surface area contributed by atoms with Gasteiger partial charge in [-0.2, -0.15) is 0 Å². The summed E-state index contributed by atoms with van der Waals surface area (Å²) in [5.41, 5.74) is 3.41. The summed E-state index contributed by atoms with van der Waals surface area (Å²) in [6.45, 7) is 9.83. The summed E-state index contributed by atoms with van der Waals surface area (Å²) in [5, 5.41) is 2.91. The number of hydrogen-bond acceptors (Lipinski definition) is 4. The molecule has 0 unspecified atom stereocenters. The number of anilines is 1. The van der Waals surface area contributed by atoms with Crippen LogP contribution in [0.5, 0.6) is 5.75 Å². The van der Waals surface area contributed by atoms with Gasteiger partial charge in [0.25, 0.3) is 0 Å². The highest BCUT2D eigenvalue weighted by atomic mass is 32.2. The van der Waals surface area contributed by atoms with Crippen LogP contribution < -0.4 is 14.4 Å². The molecule has 2 atom stereocenters. The second-order valence-corrected chi connectivity index (χ2v) is 9.10. The van der Waals surface area contributed by atoms with Crippen molar-refractivity contribution in [3.05, 3.63) is 59.2 Å². The molecule has 0 aromatic heterocycles. The van der Waals surface area contributed by atoms with Crippen molar-refractivity contribution < 1.29 is 17.9 Å². The van der Waals surface area contributed by atoms with Crippen LogP contribution in [0.25, 0.3) is 0 Å². The van der Waals surface area contributed by atoms with E-state index in [1.807, 2.05) is 58.0 Å². The molecule has 2 aromatic rings. The van der Waals surface area contributed by atoms with Gasteiger partial charge in [-0.15, -0.1) is 0 Å². The Bertz CT molecular complexity index is 955. The van der Waals surface area contributed by atoms with E-state index in [9.17, 15) is 13.2 Å². The Balaban J connectivity index is 2.21. The van der Waals surface area contributed by atoms with Crippen molar-refractivity contribution in [3.63, 3.8) is 0 Å². The van der Waals surface area contributed by atoms with Crippen molar-refractivity contribution in [3.8, 4) is 5.75 Å². The van der Waals surface area contributed by atoms with Crippen molar-refractivity contribution in [2.75, 3.05) is 17.2 Å². The lowest BCUT2D eigenvalue weighted by Gasteiger charge is -2.29. The predicted molar refractivity (Wildman–Crippen MR) is 117 cm³/mol. The molecule has 0 spiro atoms. The second-order valence-electron chi connectivity index (χ2n) is 7.24. The standard InChI is InChI=1S/C22H30N2O4S/c1-7-28-21-12-9-19(10-13-21)17(4)23-22(25)18(5)24(29(6,26)27)20-11-8-15(2)16(3)14-20/h8-14,17-18H,7H2,1-6H3,(H,23,25)/t17-,18-/m1/s1. The number of benzene rings is 2. The molecular formula is C22H30N2O4S. The molecule has 0 saturated heterocycles. The van der Waals surface area contributed by atoms with Crippen molar-refractivity contribution in [2.45, 2.75) is 46.7 Å². The molecule has 6 nitrogen and oxygen atoms in total. The number of hydrogen-bond donors (Lipinski definition) is 1. The molecule has 0 bridgehead atoms. The Morgan fingerprint density at radius 2 is 1.69 bits per heavy atom. The predicted octanol–water partition coefficient (Wildman–Crippen LogP) is 3.73. The molecule has 0 aliphatic rings. The minimum atomic E-state index is -3.65. The maximum atomic E-state index is 12.9. The van der Waals surface area contributed by atoms with Crippen LogP contribution in [-0.4, -0.2) is 33.2 Å². The van der Waals surface area contributed by atoms with Crippen LogP contribution in [0.4, 0.5) is 5.69 Å². The molecule has 2 rings (SSSR count). The van der Waals surface area contributed by atoms with E-state index in [0.29, 0.717) is 12.3 Å². The zero-order chi connectivity index (χ0) is 21.8. The Morgan fingerprint density at radius 1 is 1.07 bits per heavy atom. The molecule has 0 aliphatic heterocycles. The molecule has 0 fully saturated rings. The van der Waals surface area contributed by atoms with Crippen LogP contribution in [0.2, 0.25) is 0 Å². The lowest BCUT2D eigenvalue weighted by Crippen LogP contribution is -2.48. The van der Waals surface area contributed by atoms with Gasteiger partial charge >= 0.3 is 0 Å². The minimum Gasteiger partial charge on any atom is -0.494 e.